The number of nitrogens with zero attached hydrogens (tertiary/aromatic N) is 4. The maximum absolute atomic E-state index is 12.6. The van der Waals surface area contributed by atoms with Gasteiger partial charge in [-0.1, -0.05) is 6.42 Å². The van der Waals surface area contributed by atoms with Gasteiger partial charge in [-0.2, -0.15) is 4.37 Å². The number of hydrogen-bond donors (Lipinski definition) is 0. The number of fused-ring (bicyclic) bond motifs is 1. The van der Waals surface area contributed by atoms with Crippen LogP contribution in [0.3, 0.4) is 0 Å². The van der Waals surface area contributed by atoms with Gasteiger partial charge in [-0.25, -0.2) is 4.98 Å². The van der Waals surface area contributed by atoms with Crippen LogP contribution in [-0.4, -0.2) is 46.3 Å². The minimum absolute atomic E-state index is 0.407. The second-order valence-electron chi connectivity index (χ2n) is 7.51. The summed E-state index contributed by atoms with van der Waals surface area (Å²) in [6, 6.07) is 0. The van der Waals surface area contributed by atoms with Crippen LogP contribution in [0.5, 0.6) is 0 Å². The quantitative estimate of drug-likeness (QED) is 0.853. The molecule has 1 amide bonds. The topological polar surface area (TPSA) is 49.3 Å². The Morgan fingerprint density at radius 3 is 2.48 bits per heavy atom. The SMILES string of the molecule is Cc1nsc(N2CCC(CC(=O)N3CC4CCCC4C3)CC2)n1. The Balaban J connectivity index is 1.25. The monoisotopic (exact) mass is 334 g/mol. The molecule has 3 aliphatic rings. The molecule has 0 spiro atoms. The number of carbonyl (C=O) groups excluding carboxylic acids is 1. The van der Waals surface area contributed by atoms with Crippen LogP contribution >= 0.6 is 11.5 Å². The molecule has 5 nitrogen and oxygen atoms in total. The predicted octanol–water partition coefficient (Wildman–Crippen LogP) is 2.71. The van der Waals surface area contributed by atoms with Crippen molar-refractivity contribution in [2.45, 2.75) is 45.4 Å². The molecule has 3 fully saturated rings. The molecule has 126 valence electrons. The van der Waals surface area contributed by atoms with Crippen LogP contribution in [-0.2, 0) is 4.79 Å². The lowest BCUT2D eigenvalue weighted by atomic mass is 9.93. The van der Waals surface area contributed by atoms with Crippen LogP contribution in [0.15, 0.2) is 0 Å². The molecule has 0 aromatic carbocycles. The van der Waals surface area contributed by atoms with Crippen LogP contribution < -0.4 is 4.90 Å². The number of amides is 1. The van der Waals surface area contributed by atoms with Crippen molar-refractivity contribution in [1.29, 1.82) is 0 Å². The summed E-state index contributed by atoms with van der Waals surface area (Å²) in [6.45, 7) is 6.03. The van der Waals surface area contributed by atoms with E-state index < -0.39 is 0 Å². The Kier molecular flexibility index (Phi) is 4.26. The molecule has 0 N–H and O–H groups in total. The van der Waals surface area contributed by atoms with Crippen LogP contribution in [0.2, 0.25) is 0 Å². The van der Waals surface area contributed by atoms with Gasteiger partial charge in [-0.15, -0.1) is 0 Å². The van der Waals surface area contributed by atoms with Crippen molar-refractivity contribution in [3.63, 3.8) is 0 Å². The lowest BCUT2D eigenvalue weighted by Gasteiger charge is -2.32. The summed E-state index contributed by atoms with van der Waals surface area (Å²) in [5.74, 6) is 3.43. The summed E-state index contributed by atoms with van der Waals surface area (Å²) in [7, 11) is 0. The van der Waals surface area contributed by atoms with Gasteiger partial charge >= 0.3 is 0 Å². The van der Waals surface area contributed by atoms with E-state index in [2.05, 4.69) is 19.2 Å². The summed E-state index contributed by atoms with van der Waals surface area (Å²) in [4.78, 5) is 21.6. The minimum Gasteiger partial charge on any atom is -0.347 e. The van der Waals surface area contributed by atoms with Gasteiger partial charge in [0.25, 0.3) is 0 Å². The molecule has 6 heteroatoms. The van der Waals surface area contributed by atoms with Crippen LogP contribution in [0.25, 0.3) is 0 Å². The van der Waals surface area contributed by atoms with Gasteiger partial charge in [0.2, 0.25) is 11.0 Å². The highest BCUT2D eigenvalue weighted by molar-refractivity contribution is 7.09. The Labute approximate surface area is 142 Å². The van der Waals surface area contributed by atoms with E-state index in [-0.39, 0.29) is 0 Å². The average Bonchev–Trinajstić information content (AvgIpc) is 3.23. The van der Waals surface area contributed by atoms with E-state index >= 15 is 0 Å². The van der Waals surface area contributed by atoms with E-state index in [0.29, 0.717) is 11.8 Å². The van der Waals surface area contributed by atoms with E-state index in [1.54, 1.807) is 0 Å². The van der Waals surface area contributed by atoms with Crippen LogP contribution in [0.4, 0.5) is 5.13 Å². The highest BCUT2D eigenvalue weighted by atomic mass is 32.1. The van der Waals surface area contributed by atoms with Crippen molar-refractivity contribution in [3.05, 3.63) is 5.82 Å². The van der Waals surface area contributed by atoms with Crippen molar-refractivity contribution >= 4 is 22.6 Å². The van der Waals surface area contributed by atoms with Gasteiger partial charge in [-0.05, 0) is 50.4 Å². The molecule has 0 bridgehead atoms. The van der Waals surface area contributed by atoms with E-state index in [1.807, 2.05) is 6.92 Å². The largest absolute Gasteiger partial charge is 0.347 e. The number of piperidine rings is 1. The number of aryl methyl sites for hydroxylation is 1. The summed E-state index contributed by atoms with van der Waals surface area (Å²) >= 11 is 1.49. The fourth-order valence-corrected chi connectivity index (χ4v) is 5.28. The summed E-state index contributed by atoms with van der Waals surface area (Å²) in [5, 5.41) is 1.04. The molecule has 0 radical (unpaired) electrons. The number of hydrogen-bond acceptors (Lipinski definition) is 5. The molecule has 1 aromatic rings. The first-order valence-corrected chi connectivity index (χ1v) is 9.79. The number of rotatable bonds is 3. The minimum atomic E-state index is 0.407. The van der Waals surface area contributed by atoms with Gasteiger partial charge in [0.15, 0.2) is 0 Å². The molecule has 2 atom stereocenters. The fraction of sp³-hybridized carbons (Fsp3) is 0.824. The molecule has 2 unspecified atom stereocenters. The summed E-state index contributed by atoms with van der Waals surface area (Å²) in [6.07, 6.45) is 7.02. The number of carbonyl (C=O) groups is 1. The lowest BCUT2D eigenvalue weighted by molar-refractivity contribution is -0.131. The fourth-order valence-electron chi connectivity index (χ4n) is 4.56. The van der Waals surface area contributed by atoms with Gasteiger partial charge < -0.3 is 9.80 Å². The Morgan fingerprint density at radius 1 is 1.17 bits per heavy atom. The predicted molar refractivity (Wildman–Crippen MR) is 91.6 cm³/mol. The molecule has 4 rings (SSSR count). The normalized spacial score (nSPS) is 28.4. The van der Waals surface area contributed by atoms with Crippen molar-refractivity contribution in [3.8, 4) is 0 Å². The van der Waals surface area contributed by atoms with Gasteiger partial charge in [0.05, 0.1) is 0 Å². The zero-order valence-corrected chi connectivity index (χ0v) is 14.7. The van der Waals surface area contributed by atoms with Crippen molar-refractivity contribution < 1.29 is 4.79 Å². The second-order valence-corrected chi connectivity index (χ2v) is 8.24. The molecule has 1 aromatic heterocycles. The van der Waals surface area contributed by atoms with Crippen molar-refractivity contribution in [2.24, 2.45) is 17.8 Å². The first-order valence-electron chi connectivity index (χ1n) is 9.02. The van der Waals surface area contributed by atoms with Gasteiger partial charge in [-0.3, -0.25) is 4.79 Å². The number of aromatic nitrogens is 2. The molecule has 1 saturated carbocycles. The van der Waals surface area contributed by atoms with E-state index in [0.717, 1.165) is 68.2 Å². The molecular weight excluding hydrogens is 308 g/mol. The molecule has 23 heavy (non-hydrogen) atoms. The smallest absolute Gasteiger partial charge is 0.222 e. The number of anilines is 1. The van der Waals surface area contributed by atoms with Crippen molar-refractivity contribution in [1.82, 2.24) is 14.3 Å². The Hall–Kier alpha value is -1.17. The molecule has 1 aliphatic carbocycles. The van der Waals surface area contributed by atoms with E-state index in [1.165, 1.54) is 30.8 Å². The van der Waals surface area contributed by atoms with Crippen LogP contribution in [0.1, 0.15) is 44.3 Å². The number of likely N-dealkylation sites (tertiary alicyclic amines) is 1. The van der Waals surface area contributed by atoms with Crippen molar-refractivity contribution in [2.75, 3.05) is 31.1 Å². The van der Waals surface area contributed by atoms with Gasteiger partial charge in [0.1, 0.15) is 5.82 Å². The first-order chi connectivity index (χ1) is 11.2. The maximum atomic E-state index is 12.6. The third kappa shape index (κ3) is 3.23. The second kappa shape index (κ2) is 6.38. The molecule has 2 saturated heterocycles. The Bertz CT molecular complexity index is 555. The third-order valence-corrected chi connectivity index (χ3v) is 6.81. The standard InChI is InChI=1S/C17H26N4OS/c1-12-18-17(23-19-12)20-7-5-13(6-8-20)9-16(22)21-10-14-3-2-4-15(14)11-21/h13-15H,2-11H2,1H3. The molecular formula is C17H26N4OS. The summed E-state index contributed by atoms with van der Waals surface area (Å²) < 4.78 is 4.27. The van der Waals surface area contributed by atoms with E-state index in [4.69, 9.17) is 0 Å². The maximum Gasteiger partial charge on any atom is 0.222 e. The van der Waals surface area contributed by atoms with Gasteiger partial charge in [0, 0.05) is 44.1 Å². The highest BCUT2D eigenvalue weighted by Crippen LogP contribution is 2.38. The first kappa shape index (κ1) is 15.4. The third-order valence-electron chi connectivity index (χ3n) is 5.94. The zero-order chi connectivity index (χ0) is 15.8. The highest BCUT2D eigenvalue weighted by Gasteiger charge is 2.38. The molecule has 3 heterocycles. The van der Waals surface area contributed by atoms with E-state index in [9.17, 15) is 4.79 Å². The summed E-state index contributed by atoms with van der Waals surface area (Å²) in [5.41, 5.74) is 0. The zero-order valence-electron chi connectivity index (χ0n) is 13.9. The van der Waals surface area contributed by atoms with Crippen LogP contribution in [0, 0.1) is 24.7 Å². The lowest BCUT2D eigenvalue weighted by Crippen LogP contribution is -2.37. The average molecular weight is 334 g/mol. The molecule has 2 aliphatic heterocycles. The Morgan fingerprint density at radius 2 is 1.87 bits per heavy atom.